The first-order valence-corrected chi connectivity index (χ1v) is 6.35. The van der Waals surface area contributed by atoms with Crippen molar-refractivity contribution in [1.29, 1.82) is 0 Å². The zero-order valence-electron chi connectivity index (χ0n) is 11.8. The summed E-state index contributed by atoms with van der Waals surface area (Å²) in [5.74, 6) is 0.130. The largest absolute Gasteiger partial charge is 0.409 e. The third-order valence-corrected chi connectivity index (χ3v) is 3.33. The summed E-state index contributed by atoms with van der Waals surface area (Å²) in [4.78, 5) is 16.6. The topological polar surface area (TPSA) is 127 Å². The molecule has 1 aliphatic heterocycles. The Morgan fingerprint density at radius 3 is 2.90 bits per heavy atom. The average Bonchev–Trinajstić information content (AvgIpc) is 2.45. The monoisotopic (exact) mass is 295 g/mol. The van der Waals surface area contributed by atoms with Gasteiger partial charge < -0.3 is 20.6 Å². The first kappa shape index (κ1) is 15.0. The Labute approximate surface area is 121 Å². The molecule has 0 aromatic carbocycles. The Morgan fingerprint density at radius 1 is 1.62 bits per heavy atom. The van der Waals surface area contributed by atoms with Gasteiger partial charge in [-0.15, -0.1) is 0 Å². The van der Waals surface area contributed by atoms with Gasteiger partial charge in [0.25, 0.3) is 5.69 Å². The van der Waals surface area contributed by atoms with E-state index in [-0.39, 0.29) is 16.9 Å². The summed E-state index contributed by atoms with van der Waals surface area (Å²) in [7, 11) is 0. The molecule has 9 heteroatoms. The lowest BCUT2D eigenvalue weighted by atomic mass is 10.0. The molecule has 0 amide bonds. The highest BCUT2D eigenvalue weighted by molar-refractivity contribution is 5.99. The van der Waals surface area contributed by atoms with Crippen molar-refractivity contribution in [2.24, 2.45) is 10.9 Å². The van der Waals surface area contributed by atoms with Crippen molar-refractivity contribution in [1.82, 2.24) is 4.98 Å². The molecule has 1 aromatic heterocycles. The normalized spacial score (nSPS) is 18.6. The maximum absolute atomic E-state index is 11.0. The van der Waals surface area contributed by atoms with Crippen molar-refractivity contribution >= 4 is 17.3 Å². The first-order valence-electron chi connectivity index (χ1n) is 6.35. The second-order valence-electron chi connectivity index (χ2n) is 5.30. The lowest BCUT2D eigenvalue weighted by molar-refractivity contribution is -0.385. The highest BCUT2D eigenvalue weighted by Crippen LogP contribution is 2.28. The maximum Gasteiger partial charge on any atom is 0.298 e. The predicted octanol–water partition coefficient (Wildman–Crippen LogP) is 0.700. The molecular weight excluding hydrogens is 278 g/mol. The molecule has 2 heterocycles. The third kappa shape index (κ3) is 2.87. The van der Waals surface area contributed by atoms with Crippen molar-refractivity contribution in [2.45, 2.75) is 19.4 Å². The smallest absolute Gasteiger partial charge is 0.298 e. The fourth-order valence-electron chi connectivity index (χ4n) is 2.26. The summed E-state index contributed by atoms with van der Waals surface area (Å²) in [5.41, 5.74) is 4.73. The van der Waals surface area contributed by atoms with Gasteiger partial charge in [0.15, 0.2) is 11.5 Å². The van der Waals surface area contributed by atoms with Gasteiger partial charge in [0.2, 0.25) is 0 Å². The van der Waals surface area contributed by atoms with Crippen molar-refractivity contribution in [2.75, 3.05) is 24.7 Å². The second-order valence-corrected chi connectivity index (χ2v) is 5.30. The number of nitro groups is 1. The lowest BCUT2D eigenvalue weighted by Gasteiger charge is -2.43. The van der Waals surface area contributed by atoms with E-state index in [4.69, 9.17) is 15.7 Å². The van der Waals surface area contributed by atoms with E-state index in [1.807, 2.05) is 18.7 Å². The van der Waals surface area contributed by atoms with Crippen LogP contribution in [-0.4, -0.2) is 46.2 Å². The van der Waals surface area contributed by atoms with Crippen LogP contribution in [0, 0.1) is 10.1 Å². The molecule has 1 fully saturated rings. The molecule has 0 unspecified atom stereocenters. The molecular formula is C12H17N5O4. The van der Waals surface area contributed by atoms with Gasteiger partial charge in [0.05, 0.1) is 23.7 Å². The molecule has 0 radical (unpaired) electrons. The Balaban J connectivity index is 2.49. The average molecular weight is 295 g/mol. The predicted molar refractivity (Wildman–Crippen MR) is 75.6 cm³/mol. The molecule has 0 bridgehead atoms. The molecule has 0 aliphatic carbocycles. The first-order chi connectivity index (χ1) is 9.86. The van der Waals surface area contributed by atoms with Crippen molar-refractivity contribution in [3.63, 3.8) is 0 Å². The molecule has 9 nitrogen and oxygen atoms in total. The van der Waals surface area contributed by atoms with Crippen molar-refractivity contribution in [3.8, 4) is 0 Å². The van der Waals surface area contributed by atoms with E-state index >= 15 is 0 Å². The zero-order chi connectivity index (χ0) is 15.6. The molecule has 21 heavy (non-hydrogen) atoms. The minimum absolute atomic E-state index is 0.151. The van der Waals surface area contributed by atoms with Crippen LogP contribution in [0.25, 0.3) is 0 Å². The SMILES string of the molecule is CC1(C)COCCN1c1ccc([N+](=O)[O-])c(/C(N)=N/O)n1. The standard InChI is InChI=1S/C12H17N5O4/c1-12(2)7-21-6-5-16(12)9-4-3-8(17(19)20)10(14-9)11(13)15-18/h3-4,18H,5-7H2,1-2H3,(H2,13,15). The maximum atomic E-state index is 11.0. The summed E-state index contributed by atoms with van der Waals surface area (Å²) in [6, 6.07) is 2.86. The van der Waals surface area contributed by atoms with Crippen LogP contribution in [0.5, 0.6) is 0 Å². The number of nitrogens with zero attached hydrogens (tertiary/aromatic N) is 4. The summed E-state index contributed by atoms with van der Waals surface area (Å²) >= 11 is 0. The summed E-state index contributed by atoms with van der Waals surface area (Å²) in [5, 5.41) is 22.6. The van der Waals surface area contributed by atoms with Gasteiger partial charge >= 0.3 is 0 Å². The number of aromatic nitrogens is 1. The van der Waals surface area contributed by atoms with Gasteiger partial charge in [-0.25, -0.2) is 4.98 Å². The molecule has 0 atom stereocenters. The highest BCUT2D eigenvalue weighted by atomic mass is 16.6. The molecule has 3 N–H and O–H groups in total. The summed E-state index contributed by atoms with van der Waals surface area (Å²) < 4.78 is 5.43. The molecule has 2 rings (SSSR count). The van der Waals surface area contributed by atoms with Gasteiger partial charge in [-0.3, -0.25) is 10.1 Å². The number of ether oxygens (including phenoxy) is 1. The Bertz CT molecular complexity index is 587. The molecule has 0 spiro atoms. The number of morpholine rings is 1. The van der Waals surface area contributed by atoms with Gasteiger partial charge in [0, 0.05) is 12.6 Å². The summed E-state index contributed by atoms with van der Waals surface area (Å²) in [6.07, 6.45) is 0. The minimum Gasteiger partial charge on any atom is -0.409 e. The number of rotatable bonds is 3. The van der Waals surface area contributed by atoms with E-state index < -0.39 is 10.8 Å². The number of nitrogens with two attached hydrogens (primary N) is 1. The van der Waals surface area contributed by atoms with E-state index in [0.717, 1.165) is 0 Å². The van der Waals surface area contributed by atoms with Crippen LogP contribution in [0.2, 0.25) is 0 Å². The number of amidine groups is 1. The Hall–Kier alpha value is -2.42. The molecule has 114 valence electrons. The van der Waals surface area contributed by atoms with E-state index in [9.17, 15) is 10.1 Å². The van der Waals surface area contributed by atoms with Gasteiger partial charge in [-0.1, -0.05) is 5.16 Å². The van der Waals surface area contributed by atoms with Crippen LogP contribution >= 0.6 is 0 Å². The quantitative estimate of drug-likeness (QED) is 0.276. The van der Waals surface area contributed by atoms with Crippen LogP contribution in [0.3, 0.4) is 0 Å². The molecule has 1 aliphatic rings. The van der Waals surface area contributed by atoms with Gasteiger partial charge in [-0.2, -0.15) is 0 Å². The van der Waals surface area contributed by atoms with Crippen molar-refractivity contribution in [3.05, 3.63) is 27.9 Å². The summed E-state index contributed by atoms with van der Waals surface area (Å²) in [6.45, 7) is 5.63. The number of hydrogen-bond acceptors (Lipinski definition) is 7. The molecule has 1 aromatic rings. The van der Waals surface area contributed by atoms with Crippen LogP contribution < -0.4 is 10.6 Å². The van der Waals surface area contributed by atoms with E-state index in [1.54, 1.807) is 6.07 Å². The van der Waals surface area contributed by atoms with Crippen LogP contribution in [0.1, 0.15) is 19.5 Å². The molecule has 1 saturated heterocycles. The van der Waals surface area contributed by atoms with Crippen LogP contribution in [-0.2, 0) is 4.74 Å². The minimum atomic E-state index is -0.616. The highest BCUT2D eigenvalue weighted by Gasteiger charge is 2.32. The fraction of sp³-hybridized carbons (Fsp3) is 0.500. The Kier molecular flexibility index (Phi) is 3.94. The van der Waals surface area contributed by atoms with E-state index in [0.29, 0.717) is 25.6 Å². The number of oxime groups is 1. The lowest BCUT2D eigenvalue weighted by Crippen LogP contribution is -2.53. The van der Waals surface area contributed by atoms with Crippen molar-refractivity contribution < 1.29 is 14.9 Å². The number of hydrogen-bond donors (Lipinski definition) is 2. The van der Waals surface area contributed by atoms with E-state index in [1.165, 1.54) is 6.07 Å². The zero-order valence-corrected chi connectivity index (χ0v) is 11.8. The number of pyridine rings is 1. The van der Waals surface area contributed by atoms with E-state index in [2.05, 4.69) is 10.1 Å². The molecule has 0 saturated carbocycles. The van der Waals surface area contributed by atoms with Gasteiger partial charge in [0.1, 0.15) is 5.82 Å². The Morgan fingerprint density at radius 2 is 2.33 bits per heavy atom. The fourth-order valence-corrected chi connectivity index (χ4v) is 2.26. The second kappa shape index (κ2) is 5.52. The van der Waals surface area contributed by atoms with Crippen LogP contribution in [0.15, 0.2) is 17.3 Å². The van der Waals surface area contributed by atoms with Crippen LogP contribution in [0.4, 0.5) is 11.5 Å². The van der Waals surface area contributed by atoms with Gasteiger partial charge in [-0.05, 0) is 19.9 Å². The number of anilines is 1. The third-order valence-electron chi connectivity index (χ3n) is 3.33.